The van der Waals surface area contributed by atoms with Gasteiger partial charge in [-0.3, -0.25) is 4.90 Å². The Hall–Kier alpha value is 0.210. The third kappa shape index (κ3) is 5.19. The second-order valence-corrected chi connectivity index (χ2v) is 5.20. The zero-order chi connectivity index (χ0) is 11.1. The highest BCUT2D eigenvalue weighted by Gasteiger charge is 2.20. The lowest BCUT2D eigenvalue weighted by Gasteiger charge is -2.34. The molecule has 1 rings (SSSR count). The van der Waals surface area contributed by atoms with E-state index in [1.165, 1.54) is 38.6 Å². The lowest BCUT2D eigenvalue weighted by atomic mass is 9.94. The van der Waals surface area contributed by atoms with Crippen LogP contribution in [0.5, 0.6) is 0 Å². The molecule has 0 amide bonds. The number of likely N-dealkylation sites (N-methyl/N-ethyl adjacent to an activating group) is 1. The van der Waals surface area contributed by atoms with Crippen molar-refractivity contribution >= 4 is 11.6 Å². The lowest BCUT2D eigenvalue weighted by Crippen LogP contribution is -2.41. The minimum Gasteiger partial charge on any atom is -0.308 e. The highest BCUT2D eigenvalue weighted by atomic mass is 35.5. The minimum absolute atomic E-state index is 0.768. The van der Waals surface area contributed by atoms with Crippen LogP contribution in [0.4, 0.5) is 0 Å². The maximum absolute atomic E-state index is 5.88. The first-order chi connectivity index (χ1) is 7.24. The molecule has 15 heavy (non-hydrogen) atoms. The molecule has 0 atom stereocenters. The Labute approximate surface area is 99.6 Å². The number of alkyl halides is 1. The van der Waals surface area contributed by atoms with Crippen LogP contribution in [-0.4, -0.2) is 55.5 Å². The fourth-order valence-corrected chi connectivity index (χ4v) is 2.58. The quantitative estimate of drug-likeness (QED) is 0.649. The third-order valence-corrected chi connectivity index (χ3v) is 3.47. The van der Waals surface area contributed by atoms with Crippen LogP contribution in [0.25, 0.3) is 0 Å². The molecule has 0 saturated heterocycles. The van der Waals surface area contributed by atoms with Crippen molar-refractivity contribution in [3.8, 4) is 0 Å². The maximum atomic E-state index is 5.88. The summed E-state index contributed by atoms with van der Waals surface area (Å²) in [6, 6.07) is 0.803. The predicted octanol–water partition coefficient (Wildman–Crippen LogP) is 2.42. The molecule has 0 aromatic heterocycles. The average molecular weight is 233 g/mol. The van der Waals surface area contributed by atoms with Gasteiger partial charge in [0.15, 0.2) is 0 Å². The van der Waals surface area contributed by atoms with Crippen LogP contribution in [-0.2, 0) is 0 Å². The molecule has 1 aliphatic rings. The third-order valence-electron chi connectivity index (χ3n) is 3.30. The Kier molecular flexibility index (Phi) is 6.62. The van der Waals surface area contributed by atoms with Crippen molar-refractivity contribution in [2.75, 3.05) is 39.6 Å². The standard InChI is InChI=1S/C12H25ClN2/c1-14(2)10-11-15(9-8-13)12-6-4-3-5-7-12/h12H,3-11H2,1-2H3. The molecular weight excluding hydrogens is 208 g/mol. The maximum Gasteiger partial charge on any atom is 0.0351 e. The van der Waals surface area contributed by atoms with Crippen molar-refractivity contribution in [1.29, 1.82) is 0 Å². The van der Waals surface area contributed by atoms with Gasteiger partial charge < -0.3 is 4.90 Å². The van der Waals surface area contributed by atoms with Crippen molar-refractivity contribution in [3.05, 3.63) is 0 Å². The molecule has 0 aliphatic heterocycles. The SMILES string of the molecule is CN(C)CCN(CCCl)C1CCCCC1. The molecule has 0 spiro atoms. The molecule has 1 fully saturated rings. The van der Waals surface area contributed by atoms with E-state index >= 15 is 0 Å². The molecule has 2 nitrogen and oxygen atoms in total. The zero-order valence-corrected chi connectivity index (χ0v) is 11.0. The molecule has 3 heteroatoms. The van der Waals surface area contributed by atoms with Crippen molar-refractivity contribution in [2.24, 2.45) is 0 Å². The molecule has 0 bridgehead atoms. The fourth-order valence-electron chi connectivity index (χ4n) is 2.36. The summed E-state index contributed by atoms with van der Waals surface area (Å²) in [6.07, 6.45) is 7.00. The van der Waals surface area contributed by atoms with Crippen molar-refractivity contribution < 1.29 is 0 Å². The highest BCUT2D eigenvalue weighted by Crippen LogP contribution is 2.22. The van der Waals surface area contributed by atoms with Gasteiger partial charge in [0.1, 0.15) is 0 Å². The van der Waals surface area contributed by atoms with Gasteiger partial charge in [-0.1, -0.05) is 19.3 Å². The van der Waals surface area contributed by atoms with Crippen LogP contribution in [0.2, 0.25) is 0 Å². The van der Waals surface area contributed by atoms with Gasteiger partial charge in [0.2, 0.25) is 0 Å². The number of nitrogens with zero attached hydrogens (tertiary/aromatic N) is 2. The average Bonchev–Trinajstić information content (AvgIpc) is 2.25. The number of rotatable bonds is 6. The van der Waals surface area contributed by atoms with Crippen LogP contribution in [0.1, 0.15) is 32.1 Å². The van der Waals surface area contributed by atoms with Gasteiger partial charge in [-0.25, -0.2) is 0 Å². The lowest BCUT2D eigenvalue weighted by molar-refractivity contribution is 0.152. The summed E-state index contributed by atoms with van der Waals surface area (Å²) in [6.45, 7) is 3.37. The van der Waals surface area contributed by atoms with E-state index in [1.54, 1.807) is 0 Å². The summed E-state index contributed by atoms with van der Waals surface area (Å²) in [7, 11) is 4.28. The summed E-state index contributed by atoms with van der Waals surface area (Å²) in [4.78, 5) is 4.84. The smallest absolute Gasteiger partial charge is 0.0351 e. The van der Waals surface area contributed by atoms with E-state index in [1.807, 2.05) is 0 Å². The number of hydrogen-bond donors (Lipinski definition) is 0. The highest BCUT2D eigenvalue weighted by molar-refractivity contribution is 6.18. The molecular formula is C12H25ClN2. The van der Waals surface area contributed by atoms with Crippen molar-refractivity contribution in [2.45, 2.75) is 38.1 Å². The Bertz CT molecular complexity index is 156. The van der Waals surface area contributed by atoms with Gasteiger partial charge in [0.05, 0.1) is 0 Å². The van der Waals surface area contributed by atoms with E-state index in [2.05, 4.69) is 23.9 Å². The molecule has 0 aromatic rings. The topological polar surface area (TPSA) is 6.48 Å². The van der Waals surface area contributed by atoms with E-state index in [0.717, 1.165) is 25.0 Å². The van der Waals surface area contributed by atoms with Crippen molar-refractivity contribution in [1.82, 2.24) is 9.80 Å². The molecule has 1 saturated carbocycles. The summed E-state index contributed by atoms with van der Waals surface area (Å²) < 4.78 is 0. The largest absolute Gasteiger partial charge is 0.308 e. The molecule has 90 valence electrons. The second-order valence-electron chi connectivity index (χ2n) is 4.82. The van der Waals surface area contributed by atoms with Gasteiger partial charge in [-0.2, -0.15) is 0 Å². The normalized spacial score (nSPS) is 19.0. The Morgan fingerprint density at radius 1 is 1.00 bits per heavy atom. The van der Waals surface area contributed by atoms with E-state index < -0.39 is 0 Å². The molecule has 0 unspecified atom stereocenters. The van der Waals surface area contributed by atoms with Crippen LogP contribution < -0.4 is 0 Å². The summed E-state index contributed by atoms with van der Waals surface area (Å²) in [5, 5.41) is 0. The number of hydrogen-bond acceptors (Lipinski definition) is 2. The first kappa shape index (κ1) is 13.3. The van der Waals surface area contributed by atoms with E-state index in [4.69, 9.17) is 11.6 Å². The molecule has 0 N–H and O–H groups in total. The van der Waals surface area contributed by atoms with Gasteiger partial charge in [-0.05, 0) is 26.9 Å². The molecule has 1 aliphatic carbocycles. The first-order valence-electron chi connectivity index (χ1n) is 6.19. The van der Waals surface area contributed by atoms with Crippen molar-refractivity contribution in [3.63, 3.8) is 0 Å². The van der Waals surface area contributed by atoms with Gasteiger partial charge in [0.25, 0.3) is 0 Å². The van der Waals surface area contributed by atoms with Crippen LogP contribution >= 0.6 is 11.6 Å². The number of halogens is 1. The first-order valence-corrected chi connectivity index (χ1v) is 6.72. The monoisotopic (exact) mass is 232 g/mol. The summed E-state index contributed by atoms with van der Waals surface area (Å²) >= 11 is 5.88. The van der Waals surface area contributed by atoms with E-state index in [9.17, 15) is 0 Å². The Morgan fingerprint density at radius 3 is 2.20 bits per heavy atom. The Morgan fingerprint density at radius 2 is 1.67 bits per heavy atom. The second kappa shape index (κ2) is 7.48. The summed E-state index contributed by atoms with van der Waals surface area (Å²) in [5.74, 6) is 0.768. The van der Waals surface area contributed by atoms with E-state index in [-0.39, 0.29) is 0 Å². The Balaban J connectivity index is 2.33. The van der Waals surface area contributed by atoms with Crippen LogP contribution in [0.15, 0.2) is 0 Å². The zero-order valence-electron chi connectivity index (χ0n) is 10.2. The van der Waals surface area contributed by atoms with E-state index in [0.29, 0.717) is 0 Å². The molecule has 0 aromatic carbocycles. The molecule has 0 heterocycles. The van der Waals surface area contributed by atoms with Gasteiger partial charge in [-0.15, -0.1) is 11.6 Å². The fraction of sp³-hybridized carbons (Fsp3) is 1.00. The van der Waals surface area contributed by atoms with Crippen LogP contribution in [0.3, 0.4) is 0 Å². The summed E-state index contributed by atoms with van der Waals surface area (Å²) in [5.41, 5.74) is 0. The molecule has 0 radical (unpaired) electrons. The minimum atomic E-state index is 0.768. The predicted molar refractivity (Wildman–Crippen MR) is 67.7 cm³/mol. The van der Waals surface area contributed by atoms with Crippen LogP contribution in [0, 0.1) is 0 Å². The van der Waals surface area contributed by atoms with Gasteiger partial charge >= 0.3 is 0 Å². The van der Waals surface area contributed by atoms with Gasteiger partial charge in [0, 0.05) is 31.6 Å².